The average molecular weight is 370 g/mol. The van der Waals surface area contributed by atoms with Crippen molar-refractivity contribution >= 4 is 34.1 Å². The molecule has 0 spiro atoms. The van der Waals surface area contributed by atoms with Crippen LogP contribution in [0.25, 0.3) is 6.08 Å². The van der Waals surface area contributed by atoms with Crippen molar-refractivity contribution in [2.24, 2.45) is 0 Å². The molecule has 0 unspecified atom stereocenters. The van der Waals surface area contributed by atoms with Crippen molar-refractivity contribution in [3.8, 4) is 0 Å². The van der Waals surface area contributed by atoms with Gasteiger partial charge in [-0.1, -0.05) is 40.2 Å². The zero-order valence-electron chi connectivity index (χ0n) is 12.8. The molecule has 0 saturated heterocycles. The molecule has 1 aromatic carbocycles. The van der Waals surface area contributed by atoms with Gasteiger partial charge in [-0.15, -0.1) is 0 Å². The second-order valence-electron chi connectivity index (χ2n) is 5.73. The molecule has 0 fully saturated rings. The lowest BCUT2D eigenvalue weighted by molar-refractivity contribution is -0.139. The number of alkyl carbamates (subject to hydrolysis) is 1. The number of carboxylic acids is 1. The highest BCUT2D eigenvalue weighted by Gasteiger charge is 2.22. The lowest BCUT2D eigenvalue weighted by Gasteiger charge is -2.21. The highest BCUT2D eigenvalue weighted by molar-refractivity contribution is 9.10. The molecule has 0 bridgehead atoms. The molecule has 0 aromatic heterocycles. The van der Waals surface area contributed by atoms with E-state index < -0.39 is 23.7 Å². The quantitative estimate of drug-likeness (QED) is 0.826. The van der Waals surface area contributed by atoms with Crippen molar-refractivity contribution in [3.05, 3.63) is 40.4 Å². The number of rotatable bonds is 5. The van der Waals surface area contributed by atoms with Crippen molar-refractivity contribution in [1.29, 1.82) is 0 Å². The van der Waals surface area contributed by atoms with Crippen molar-refractivity contribution in [3.63, 3.8) is 0 Å². The van der Waals surface area contributed by atoms with E-state index in [4.69, 9.17) is 9.84 Å². The number of aliphatic carboxylic acids is 1. The van der Waals surface area contributed by atoms with Crippen LogP contribution in [-0.4, -0.2) is 28.8 Å². The monoisotopic (exact) mass is 369 g/mol. The molecular formula is C16H20BrNO4. The molecule has 5 nitrogen and oxygen atoms in total. The lowest BCUT2D eigenvalue weighted by Crippen LogP contribution is -2.43. The maximum atomic E-state index is 11.6. The third kappa shape index (κ3) is 7.26. The molecule has 0 aliphatic rings. The van der Waals surface area contributed by atoms with Gasteiger partial charge in [-0.05, 0) is 44.9 Å². The van der Waals surface area contributed by atoms with Gasteiger partial charge < -0.3 is 15.2 Å². The Morgan fingerprint density at radius 1 is 1.41 bits per heavy atom. The summed E-state index contributed by atoms with van der Waals surface area (Å²) in [5, 5.41) is 11.5. The minimum Gasteiger partial charge on any atom is -0.480 e. The number of ether oxygens (including phenoxy) is 1. The molecule has 1 amide bonds. The Morgan fingerprint density at radius 3 is 2.64 bits per heavy atom. The number of benzene rings is 1. The van der Waals surface area contributed by atoms with E-state index >= 15 is 0 Å². The Hall–Kier alpha value is -1.82. The number of halogens is 1. The van der Waals surface area contributed by atoms with Crippen LogP contribution in [0.1, 0.15) is 32.8 Å². The summed E-state index contributed by atoms with van der Waals surface area (Å²) < 4.78 is 6.00. The Kier molecular flexibility index (Phi) is 6.61. The van der Waals surface area contributed by atoms with Crippen molar-refractivity contribution in [2.45, 2.75) is 38.8 Å². The topological polar surface area (TPSA) is 75.6 Å². The Balaban J connectivity index is 2.61. The molecule has 0 aliphatic carbocycles. The summed E-state index contributed by atoms with van der Waals surface area (Å²) >= 11 is 3.37. The molecule has 1 aromatic rings. The molecule has 0 heterocycles. The fourth-order valence-corrected chi connectivity index (χ4v) is 2.04. The molecule has 1 atom stereocenters. The summed E-state index contributed by atoms with van der Waals surface area (Å²) in [4.78, 5) is 22.8. The van der Waals surface area contributed by atoms with Gasteiger partial charge in [0.2, 0.25) is 0 Å². The van der Waals surface area contributed by atoms with E-state index in [1.807, 2.05) is 24.3 Å². The standard InChI is InChI=1S/C16H20BrNO4/c1-16(2,3)22-15(21)18-13(14(19)20)9-5-7-11-6-4-8-12(17)10-11/h4-8,10,13H,9H2,1-3H3,(H,18,21)(H,19,20)/b7-5+/t13-/m0/s1. The summed E-state index contributed by atoms with van der Waals surface area (Å²) in [6, 6.07) is 6.57. The van der Waals surface area contributed by atoms with Crippen LogP contribution < -0.4 is 5.32 Å². The molecule has 1 rings (SSSR count). The van der Waals surface area contributed by atoms with Crippen LogP contribution in [0.2, 0.25) is 0 Å². The number of hydrogen-bond donors (Lipinski definition) is 2. The smallest absolute Gasteiger partial charge is 0.408 e. The van der Waals surface area contributed by atoms with E-state index in [9.17, 15) is 9.59 Å². The van der Waals surface area contributed by atoms with E-state index in [0.717, 1.165) is 10.0 Å². The molecule has 0 saturated carbocycles. The maximum absolute atomic E-state index is 11.6. The van der Waals surface area contributed by atoms with E-state index in [2.05, 4.69) is 21.2 Å². The van der Waals surface area contributed by atoms with Crippen LogP contribution in [0.15, 0.2) is 34.8 Å². The largest absolute Gasteiger partial charge is 0.480 e. The van der Waals surface area contributed by atoms with Gasteiger partial charge in [0, 0.05) is 4.47 Å². The number of nitrogens with one attached hydrogen (secondary N) is 1. The SMILES string of the molecule is CC(C)(C)OC(=O)N[C@@H](C/C=C/c1cccc(Br)c1)C(=O)O. The van der Waals surface area contributed by atoms with E-state index in [1.165, 1.54) is 0 Å². The summed E-state index contributed by atoms with van der Waals surface area (Å²) in [6.45, 7) is 5.15. The Labute approximate surface area is 138 Å². The first-order chi connectivity index (χ1) is 10.2. The third-order valence-corrected chi connectivity index (χ3v) is 3.01. The zero-order valence-corrected chi connectivity index (χ0v) is 14.4. The molecule has 22 heavy (non-hydrogen) atoms. The molecule has 0 radical (unpaired) electrons. The normalized spacial score (nSPS) is 12.9. The second-order valence-corrected chi connectivity index (χ2v) is 6.65. The summed E-state index contributed by atoms with van der Waals surface area (Å²) in [7, 11) is 0. The highest BCUT2D eigenvalue weighted by atomic mass is 79.9. The van der Waals surface area contributed by atoms with Crippen LogP contribution in [0.4, 0.5) is 4.79 Å². The first kappa shape index (κ1) is 18.2. The van der Waals surface area contributed by atoms with Gasteiger partial charge in [0.25, 0.3) is 0 Å². The van der Waals surface area contributed by atoms with Gasteiger partial charge in [0.1, 0.15) is 11.6 Å². The van der Waals surface area contributed by atoms with Crippen molar-refractivity contribution in [1.82, 2.24) is 5.32 Å². The van der Waals surface area contributed by atoms with Gasteiger partial charge in [0.15, 0.2) is 0 Å². The van der Waals surface area contributed by atoms with Crippen molar-refractivity contribution < 1.29 is 19.4 Å². The number of carboxylic acid groups (broad SMARTS) is 1. The van der Waals surface area contributed by atoms with Crippen LogP contribution in [0, 0.1) is 0 Å². The first-order valence-corrected chi connectivity index (χ1v) is 7.61. The first-order valence-electron chi connectivity index (χ1n) is 6.82. The summed E-state index contributed by atoms with van der Waals surface area (Å²) in [6.07, 6.45) is 2.94. The fraction of sp³-hybridized carbons (Fsp3) is 0.375. The third-order valence-electron chi connectivity index (χ3n) is 2.52. The number of carbonyl (C=O) groups excluding carboxylic acids is 1. The van der Waals surface area contributed by atoms with E-state index in [-0.39, 0.29) is 6.42 Å². The fourth-order valence-electron chi connectivity index (χ4n) is 1.62. The van der Waals surface area contributed by atoms with E-state index in [1.54, 1.807) is 32.9 Å². The minimum atomic E-state index is -1.11. The summed E-state index contributed by atoms with van der Waals surface area (Å²) in [5.74, 6) is -1.11. The van der Waals surface area contributed by atoms with Gasteiger partial charge >= 0.3 is 12.1 Å². The summed E-state index contributed by atoms with van der Waals surface area (Å²) in [5.41, 5.74) is 0.273. The van der Waals surface area contributed by atoms with E-state index in [0.29, 0.717) is 0 Å². The van der Waals surface area contributed by atoms with Crippen LogP contribution in [0.5, 0.6) is 0 Å². The minimum absolute atomic E-state index is 0.168. The predicted molar refractivity (Wildman–Crippen MR) is 88.6 cm³/mol. The van der Waals surface area contributed by atoms with Gasteiger partial charge in [-0.25, -0.2) is 9.59 Å². The highest BCUT2D eigenvalue weighted by Crippen LogP contribution is 2.13. The van der Waals surface area contributed by atoms with Gasteiger partial charge in [0.05, 0.1) is 0 Å². The molecule has 6 heteroatoms. The zero-order chi connectivity index (χ0) is 16.8. The molecule has 2 N–H and O–H groups in total. The maximum Gasteiger partial charge on any atom is 0.408 e. The Morgan fingerprint density at radius 2 is 2.09 bits per heavy atom. The number of amides is 1. The van der Waals surface area contributed by atoms with Crippen LogP contribution in [-0.2, 0) is 9.53 Å². The van der Waals surface area contributed by atoms with Crippen LogP contribution in [0.3, 0.4) is 0 Å². The lowest BCUT2D eigenvalue weighted by atomic mass is 10.1. The van der Waals surface area contributed by atoms with Crippen LogP contribution >= 0.6 is 15.9 Å². The van der Waals surface area contributed by atoms with Gasteiger partial charge in [-0.2, -0.15) is 0 Å². The molecule has 0 aliphatic heterocycles. The molecule has 120 valence electrons. The van der Waals surface area contributed by atoms with Gasteiger partial charge in [-0.3, -0.25) is 0 Å². The Bertz CT molecular complexity index is 564. The predicted octanol–water partition coefficient (Wildman–Crippen LogP) is 3.83. The molecular weight excluding hydrogens is 350 g/mol. The van der Waals surface area contributed by atoms with Crippen molar-refractivity contribution in [2.75, 3.05) is 0 Å². The second kappa shape index (κ2) is 7.98. The number of carbonyl (C=O) groups is 2. The number of hydrogen-bond acceptors (Lipinski definition) is 3. The average Bonchev–Trinajstić information content (AvgIpc) is 2.35.